The Morgan fingerprint density at radius 2 is 1.71 bits per heavy atom. The quantitative estimate of drug-likeness (QED) is 0.486. The van der Waals surface area contributed by atoms with E-state index in [1.54, 1.807) is 53.5 Å². The van der Waals surface area contributed by atoms with Gasteiger partial charge in [0.1, 0.15) is 12.1 Å². The van der Waals surface area contributed by atoms with E-state index in [1.807, 2.05) is 0 Å². The first-order valence-corrected chi connectivity index (χ1v) is 9.06. The van der Waals surface area contributed by atoms with E-state index < -0.39 is 17.6 Å². The molecular formula is C21H15F3N6O. The molecule has 7 nitrogen and oxygen atoms in total. The molecule has 0 spiro atoms. The van der Waals surface area contributed by atoms with E-state index in [0.717, 1.165) is 12.1 Å². The number of halogens is 3. The maximum atomic E-state index is 12.8. The van der Waals surface area contributed by atoms with Gasteiger partial charge in [0.25, 0.3) is 5.91 Å². The molecule has 0 saturated heterocycles. The van der Waals surface area contributed by atoms with E-state index in [4.69, 9.17) is 0 Å². The number of carbonyl (C=O) groups is 1. The van der Waals surface area contributed by atoms with Crippen molar-refractivity contribution in [1.82, 2.24) is 19.7 Å². The van der Waals surface area contributed by atoms with Crippen LogP contribution in [-0.4, -0.2) is 25.7 Å². The van der Waals surface area contributed by atoms with Gasteiger partial charge in [0.2, 0.25) is 0 Å². The van der Waals surface area contributed by atoms with Crippen LogP contribution in [0, 0.1) is 0 Å². The van der Waals surface area contributed by atoms with Gasteiger partial charge in [-0.2, -0.15) is 18.3 Å². The Hall–Kier alpha value is -4.21. The Kier molecular flexibility index (Phi) is 5.35. The molecule has 4 rings (SSSR count). The van der Waals surface area contributed by atoms with Crippen molar-refractivity contribution in [2.75, 3.05) is 10.6 Å². The monoisotopic (exact) mass is 424 g/mol. The van der Waals surface area contributed by atoms with Crippen molar-refractivity contribution in [3.8, 4) is 5.82 Å². The second kappa shape index (κ2) is 8.27. The summed E-state index contributed by atoms with van der Waals surface area (Å²) in [4.78, 5) is 20.6. The number of carbonyl (C=O) groups excluding carboxylic acids is 1. The first-order chi connectivity index (χ1) is 14.9. The number of alkyl halides is 3. The molecule has 1 amide bonds. The zero-order valence-electron chi connectivity index (χ0n) is 15.8. The van der Waals surface area contributed by atoms with E-state index >= 15 is 0 Å². The topological polar surface area (TPSA) is 84.7 Å². The number of benzene rings is 2. The molecule has 2 N–H and O–H groups in total. The van der Waals surface area contributed by atoms with Gasteiger partial charge < -0.3 is 10.6 Å². The second-order valence-electron chi connectivity index (χ2n) is 6.45. The molecule has 0 aliphatic rings. The number of hydrogen-bond acceptors (Lipinski definition) is 5. The van der Waals surface area contributed by atoms with Crippen LogP contribution >= 0.6 is 0 Å². The minimum absolute atomic E-state index is 0.0795. The summed E-state index contributed by atoms with van der Waals surface area (Å²) in [6.45, 7) is 0. The van der Waals surface area contributed by atoms with Crippen LogP contribution in [0.15, 0.2) is 79.4 Å². The Balaban J connectivity index is 1.43. The molecule has 0 fully saturated rings. The third-order valence-electron chi connectivity index (χ3n) is 4.26. The van der Waals surface area contributed by atoms with Crippen LogP contribution in [0.3, 0.4) is 0 Å². The van der Waals surface area contributed by atoms with Crippen LogP contribution in [0.2, 0.25) is 0 Å². The molecule has 0 radical (unpaired) electrons. The van der Waals surface area contributed by atoms with Gasteiger partial charge in [-0.1, -0.05) is 6.07 Å². The van der Waals surface area contributed by atoms with Crippen LogP contribution in [0.1, 0.15) is 15.9 Å². The molecule has 0 aliphatic heterocycles. The zero-order valence-corrected chi connectivity index (χ0v) is 15.8. The summed E-state index contributed by atoms with van der Waals surface area (Å²) in [5, 5.41) is 9.81. The lowest BCUT2D eigenvalue weighted by Crippen LogP contribution is -2.13. The molecule has 0 aliphatic carbocycles. The summed E-state index contributed by atoms with van der Waals surface area (Å²) in [5.74, 6) is 0.500. The maximum absolute atomic E-state index is 12.8. The molecule has 10 heteroatoms. The van der Waals surface area contributed by atoms with Crippen molar-refractivity contribution in [3.63, 3.8) is 0 Å². The van der Waals surface area contributed by atoms with Crippen molar-refractivity contribution >= 4 is 23.1 Å². The first kappa shape index (κ1) is 20.1. The summed E-state index contributed by atoms with van der Waals surface area (Å²) < 4.78 is 40.1. The normalized spacial score (nSPS) is 11.2. The Labute approximate surface area is 174 Å². The van der Waals surface area contributed by atoms with Gasteiger partial charge in [-0.05, 0) is 48.5 Å². The maximum Gasteiger partial charge on any atom is 0.416 e. The van der Waals surface area contributed by atoms with Crippen LogP contribution in [0.4, 0.5) is 30.4 Å². The van der Waals surface area contributed by atoms with Gasteiger partial charge in [0.05, 0.1) is 5.56 Å². The molecule has 0 bridgehead atoms. The largest absolute Gasteiger partial charge is 0.416 e. The first-order valence-electron chi connectivity index (χ1n) is 9.06. The number of rotatable bonds is 5. The van der Waals surface area contributed by atoms with Gasteiger partial charge >= 0.3 is 6.18 Å². The molecule has 0 unspecified atom stereocenters. The molecule has 4 aromatic rings. The fourth-order valence-corrected chi connectivity index (χ4v) is 2.77. The third-order valence-corrected chi connectivity index (χ3v) is 4.26. The highest BCUT2D eigenvalue weighted by molar-refractivity contribution is 6.04. The van der Waals surface area contributed by atoms with Crippen molar-refractivity contribution in [3.05, 3.63) is 90.5 Å². The van der Waals surface area contributed by atoms with E-state index in [1.165, 1.54) is 18.5 Å². The average Bonchev–Trinajstić information content (AvgIpc) is 3.30. The van der Waals surface area contributed by atoms with Gasteiger partial charge in [0, 0.05) is 35.4 Å². The van der Waals surface area contributed by atoms with Gasteiger partial charge in [-0.25, -0.2) is 14.6 Å². The summed E-state index contributed by atoms with van der Waals surface area (Å²) in [6.07, 6.45) is 0.292. The lowest BCUT2D eigenvalue weighted by Gasteiger charge is -2.10. The predicted octanol–water partition coefficient (Wildman–Crippen LogP) is 4.68. The molecule has 0 atom stereocenters. The molecule has 2 aromatic carbocycles. The number of anilines is 3. The summed E-state index contributed by atoms with van der Waals surface area (Å²) in [6, 6.07) is 14.4. The number of aromatic nitrogens is 4. The molecule has 156 valence electrons. The average molecular weight is 424 g/mol. The highest BCUT2D eigenvalue weighted by Gasteiger charge is 2.30. The van der Waals surface area contributed by atoms with E-state index in [2.05, 4.69) is 25.7 Å². The molecule has 2 aromatic heterocycles. The lowest BCUT2D eigenvalue weighted by atomic mass is 10.1. The minimum atomic E-state index is -4.51. The number of hydrogen-bond donors (Lipinski definition) is 2. The lowest BCUT2D eigenvalue weighted by molar-refractivity contribution is -0.137. The number of nitrogens with one attached hydrogen (secondary N) is 2. The Morgan fingerprint density at radius 3 is 2.42 bits per heavy atom. The van der Waals surface area contributed by atoms with Crippen molar-refractivity contribution in [1.29, 1.82) is 0 Å². The number of amides is 1. The molecular weight excluding hydrogens is 409 g/mol. The fraction of sp³-hybridized carbons (Fsp3) is 0.0476. The highest BCUT2D eigenvalue weighted by atomic mass is 19.4. The molecule has 0 saturated carbocycles. The van der Waals surface area contributed by atoms with E-state index in [-0.39, 0.29) is 5.56 Å². The molecule has 31 heavy (non-hydrogen) atoms. The van der Waals surface area contributed by atoms with E-state index in [9.17, 15) is 18.0 Å². The summed E-state index contributed by atoms with van der Waals surface area (Å²) in [7, 11) is 0. The second-order valence-corrected chi connectivity index (χ2v) is 6.45. The van der Waals surface area contributed by atoms with Crippen LogP contribution < -0.4 is 10.6 Å². The van der Waals surface area contributed by atoms with Crippen LogP contribution in [0.5, 0.6) is 0 Å². The van der Waals surface area contributed by atoms with E-state index in [0.29, 0.717) is 23.0 Å². The Bertz CT molecular complexity index is 1190. The predicted molar refractivity (Wildman–Crippen MR) is 108 cm³/mol. The Morgan fingerprint density at radius 1 is 0.935 bits per heavy atom. The van der Waals surface area contributed by atoms with Gasteiger partial charge in [-0.3, -0.25) is 4.79 Å². The van der Waals surface area contributed by atoms with Gasteiger partial charge in [0.15, 0.2) is 5.82 Å². The summed E-state index contributed by atoms with van der Waals surface area (Å²) >= 11 is 0. The summed E-state index contributed by atoms with van der Waals surface area (Å²) in [5.41, 5.74) is 0.179. The zero-order chi connectivity index (χ0) is 21.8. The van der Waals surface area contributed by atoms with Crippen LogP contribution in [0.25, 0.3) is 5.82 Å². The third kappa shape index (κ3) is 4.86. The van der Waals surface area contributed by atoms with Crippen molar-refractivity contribution in [2.45, 2.75) is 6.18 Å². The SMILES string of the molecule is O=C(Nc1ccc(Nc2cc(-n3cccn3)ncn2)cc1)c1cccc(C(F)(F)F)c1. The smallest absolute Gasteiger partial charge is 0.340 e. The highest BCUT2D eigenvalue weighted by Crippen LogP contribution is 2.29. The van der Waals surface area contributed by atoms with Crippen molar-refractivity contribution in [2.24, 2.45) is 0 Å². The van der Waals surface area contributed by atoms with Crippen molar-refractivity contribution < 1.29 is 18.0 Å². The van der Waals surface area contributed by atoms with Crippen LogP contribution in [-0.2, 0) is 6.18 Å². The standard InChI is InChI=1S/C21H15F3N6O/c22-21(23,24)15-4-1-3-14(11-15)20(31)29-17-7-5-16(6-8-17)28-18-12-19(26-13-25-18)30-10-2-9-27-30/h1-13H,(H,29,31)(H,25,26,28). The molecule has 2 heterocycles. The number of nitrogens with zero attached hydrogens (tertiary/aromatic N) is 4. The van der Waals surface area contributed by atoms with Gasteiger partial charge in [-0.15, -0.1) is 0 Å². The minimum Gasteiger partial charge on any atom is -0.340 e. The fourth-order valence-electron chi connectivity index (χ4n) is 2.77.